The number of rotatable bonds is 4. The van der Waals surface area contributed by atoms with Crippen molar-refractivity contribution >= 4 is 17.2 Å². The predicted octanol–water partition coefficient (Wildman–Crippen LogP) is 4.24. The minimum atomic E-state index is -0.633. The van der Waals surface area contributed by atoms with Gasteiger partial charge in [-0.2, -0.15) is 0 Å². The number of hydrogen-bond acceptors (Lipinski definition) is 1. The second-order valence-electron chi connectivity index (χ2n) is 5.62. The van der Waals surface area contributed by atoms with E-state index < -0.39 is 5.41 Å². The van der Waals surface area contributed by atoms with E-state index in [9.17, 15) is 4.79 Å². The van der Waals surface area contributed by atoms with Gasteiger partial charge in [-0.3, -0.25) is 0 Å². The van der Waals surface area contributed by atoms with Gasteiger partial charge in [-0.05, 0) is 36.1 Å². The summed E-state index contributed by atoms with van der Waals surface area (Å²) < 4.78 is 0. The molecule has 0 aliphatic carbocycles. The maximum absolute atomic E-state index is 11.9. The van der Waals surface area contributed by atoms with Crippen LogP contribution in [0.5, 0.6) is 0 Å². The molecule has 0 fully saturated rings. The van der Waals surface area contributed by atoms with Crippen molar-refractivity contribution in [2.75, 3.05) is 0 Å². The third kappa shape index (κ3) is 2.17. The normalized spacial score (nSPS) is 14.0. The van der Waals surface area contributed by atoms with Crippen LogP contribution in [0.25, 0.3) is 10.9 Å². The first-order valence-corrected chi connectivity index (χ1v) is 7.31. The first kappa shape index (κ1) is 13.6. The molecule has 0 radical (unpaired) electrons. The van der Waals surface area contributed by atoms with Crippen LogP contribution < -0.4 is 0 Å². The van der Waals surface area contributed by atoms with E-state index in [2.05, 4.69) is 42.2 Å². The number of fused-ring (bicyclic) bond motifs is 1. The molecule has 0 amide bonds. The molecular weight excluding hydrogens is 258 g/mol. The lowest BCUT2D eigenvalue weighted by Gasteiger charge is -2.23. The molecule has 1 N–H and O–H groups in total. The summed E-state index contributed by atoms with van der Waals surface area (Å²) >= 11 is 0. The summed E-state index contributed by atoms with van der Waals surface area (Å²) in [6.45, 7) is 4.12. The highest BCUT2D eigenvalue weighted by Crippen LogP contribution is 2.35. The predicted molar refractivity (Wildman–Crippen MR) is 86.6 cm³/mol. The van der Waals surface area contributed by atoms with Crippen LogP contribution in [0.3, 0.4) is 0 Å². The highest BCUT2D eigenvalue weighted by molar-refractivity contribution is 5.90. The SMILES string of the molecule is CCc1ccc([C@@](C)(C=O)c2c[nH]c3ccccc23)cc1. The number of hydrogen-bond donors (Lipinski definition) is 1. The summed E-state index contributed by atoms with van der Waals surface area (Å²) in [6.07, 6.45) is 4.00. The fraction of sp³-hybridized carbons (Fsp3) is 0.211. The Hall–Kier alpha value is -2.35. The van der Waals surface area contributed by atoms with Crippen molar-refractivity contribution in [2.45, 2.75) is 25.7 Å². The fourth-order valence-corrected chi connectivity index (χ4v) is 2.87. The van der Waals surface area contributed by atoms with Crippen molar-refractivity contribution in [3.05, 3.63) is 71.4 Å². The maximum atomic E-state index is 11.9. The highest BCUT2D eigenvalue weighted by atomic mass is 16.1. The zero-order valence-corrected chi connectivity index (χ0v) is 12.4. The van der Waals surface area contributed by atoms with E-state index >= 15 is 0 Å². The second kappa shape index (κ2) is 5.21. The van der Waals surface area contributed by atoms with Crippen molar-refractivity contribution in [3.8, 4) is 0 Å². The molecule has 1 atom stereocenters. The van der Waals surface area contributed by atoms with Crippen molar-refractivity contribution in [3.63, 3.8) is 0 Å². The molecular formula is C19H19NO. The monoisotopic (exact) mass is 277 g/mol. The molecule has 3 rings (SSSR count). The van der Waals surface area contributed by atoms with Gasteiger partial charge in [-0.15, -0.1) is 0 Å². The topological polar surface area (TPSA) is 32.9 Å². The van der Waals surface area contributed by atoms with Gasteiger partial charge in [0.25, 0.3) is 0 Å². The summed E-state index contributed by atoms with van der Waals surface area (Å²) in [7, 11) is 0. The number of nitrogens with one attached hydrogen (secondary N) is 1. The molecule has 2 heteroatoms. The van der Waals surface area contributed by atoms with E-state index in [4.69, 9.17) is 0 Å². The molecule has 106 valence electrons. The molecule has 21 heavy (non-hydrogen) atoms. The summed E-state index contributed by atoms with van der Waals surface area (Å²) in [4.78, 5) is 15.2. The molecule has 0 saturated carbocycles. The molecule has 0 spiro atoms. The summed E-state index contributed by atoms with van der Waals surface area (Å²) in [5, 5.41) is 1.10. The molecule has 0 saturated heterocycles. The molecule has 0 bridgehead atoms. The average molecular weight is 277 g/mol. The van der Waals surface area contributed by atoms with Gasteiger partial charge in [0.05, 0.1) is 5.41 Å². The first-order chi connectivity index (χ1) is 10.2. The van der Waals surface area contributed by atoms with Crippen LogP contribution in [0.15, 0.2) is 54.7 Å². The van der Waals surface area contributed by atoms with E-state index in [1.165, 1.54) is 5.56 Å². The molecule has 2 aromatic carbocycles. The molecule has 1 heterocycles. The second-order valence-corrected chi connectivity index (χ2v) is 5.62. The van der Waals surface area contributed by atoms with Gasteiger partial charge in [0.1, 0.15) is 6.29 Å². The summed E-state index contributed by atoms with van der Waals surface area (Å²) in [6, 6.07) is 16.4. The Labute approximate surface area is 124 Å². The highest BCUT2D eigenvalue weighted by Gasteiger charge is 2.30. The fourth-order valence-electron chi connectivity index (χ4n) is 2.87. The first-order valence-electron chi connectivity index (χ1n) is 7.31. The molecule has 0 unspecified atom stereocenters. The number of benzene rings is 2. The van der Waals surface area contributed by atoms with Crippen LogP contribution in [-0.4, -0.2) is 11.3 Å². The molecule has 0 aliphatic rings. The summed E-state index contributed by atoms with van der Waals surface area (Å²) in [5.74, 6) is 0. The minimum absolute atomic E-state index is 0.633. The Morgan fingerprint density at radius 2 is 1.81 bits per heavy atom. The van der Waals surface area contributed by atoms with Gasteiger partial charge in [0, 0.05) is 17.1 Å². The van der Waals surface area contributed by atoms with Crippen molar-refractivity contribution in [2.24, 2.45) is 0 Å². The number of H-pyrrole nitrogens is 1. The third-order valence-corrected chi connectivity index (χ3v) is 4.35. The van der Waals surface area contributed by atoms with Crippen LogP contribution in [-0.2, 0) is 16.6 Å². The molecule has 1 aromatic heterocycles. The van der Waals surface area contributed by atoms with Crippen LogP contribution in [0.2, 0.25) is 0 Å². The number of aromatic nitrogens is 1. The van der Waals surface area contributed by atoms with Crippen molar-refractivity contribution in [1.82, 2.24) is 4.98 Å². The number of aldehydes is 1. The van der Waals surface area contributed by atoms with Crippen LogP contribution in [0.4, 0.5) is 0 Å². The molecule has 0 aliphatic heterocycles. The molecule has 3 aromatic rings. The number of carbonyl (C=O) groups excluding carboxylic acids is 1. The lowest BCUT2D eigenvalue weighted by molar-refractivity contribution is -0.110. The zero-order valence-electron chi connectivity index (χ0n) is 12.4. The van der Waals surface area contributed by atoms with Gasteiger partial charge in [-0.25, -0.2) is 0 Å². The quantitative estimate of drug-likeness (QED) is 0.711. The van der Waals surface area contributed by atoms with E-state index in [-0.39, 0.29) is 0 Å². The lowest BCUT2D eigenvalue weighted by Crippen LogP contribution is -2.25. The van der Waals surface area contributed by atoms with Crippen molar-refractivity contribution in [1.29, 1.82) is 0 Å². The van der Waals surface area contributed by atoms with Gasteiger partial charge in [0.2, 0.25) is 0 Å². The standard InChI is InChI=1S/C19H19NO/c1-3-14-8-10-15(11-9-14)19(2,13-21)17-12-20-18-7-5-4-6-16(17)18/h4-13,20H,3H2,1-2H3/t19-/m1/s1. The Balaban J connectivity index is 2.16. The van der Waals surface area contributed by atoms with E-state index in [1.54, 1.807) is 0 Å². The van der Waals surface area contributed by atoms with Crippen LogP contribution in [0, 0.1) is 0 Å². The van der Waals surface area contributed by atoms with Gasteiger partial charge >= 0.3 is 0 Å². The zero-order chi connectivity index (χ0) is 14.9. The molecule has 2 nitrogen and oxygen atoms in total. The third-order valence-electron chi connectivity index (χ3n) is 4.35. The summed E-state index contributed by atoms with van der Waals surface area (Å²) in [5.41, 5.74) is 3.76. The van der Waals surface area contributed by atoms with E-state index in [1.807, 2.05) is 31.3 Å². The Kier molecular flexibility index (Phi) is 3.38. The average Bonchev–Trinajstić information content (AvgIpc) is 2.99. The number of aromatic amines is 1. The largest absolute Gasteiger partial charge is 0.361 e. The Morgan fingerprint density at radius 3 is 2.48 bits per heavy atom. The van der Waals surface area contributed by atoms with E-state index in [0.717, 1.165) is 34.7 Å². The lowest BCUT2D eigenvalue weighted by atomic mass is 9.77. The van der Waals surface area contributed by atoms with Crippen molar-refractivity contribution < 1.29 is 4.79 Å². The number of carbonyl (C=O) groups is 1. The number of para-hydroxylation sites is 1. The van der Waals surface area contributed by atoms with Gasteiger partial charge < -0.3 is 9.78 Å². The van der Waals surface area contributed by atoms with E-state index in [0.29, 0.717) is 0 Å². The van der Waals surface area contributed by atoms with Gasteiger partial charge in [0.15, 0.2) is 0 Å². The minimum Gasteiger partial charge on any atom is -0.361 e. The van der Waals surface area contributed by atoms with Crippen LogP contribution in [0.1, 0.15) is 30.5 Å². The smallest absolute Gasteiger partial charge is 0.134 e. The van der Waals surface area contributed by atoms with Gasteiger partial charge in [-0.1, -0.05) is 49.4 Å². The Bertz CT molecular complexity index is 770. The number of aryl methyl sites for hydroxylation is 1. The maximum Gasteiger partial charge on any atom is 0.134 e. The Morgan fingerprint density at radius 1 is 1.10 bits per heavy atom. The van der Waals surface area contributed by atoms with Crippen LogP contribution >= 0.6 is 0 Å².